The van der Waals surface area contributed by atoms with E-state index >= 15 is 0 Å². The maximum atomic E-state index is 12.5. The van der Waals surface area contributed by atoms with Crippen molar-refractivity contribution in [2.45, 2.75) is 25.0 Å². The summed E-state index contributed by atoms with van der Waals surface area (Å²) in [7, 11) is 1.67. The van der Waals surface area contributed by atoms with Crippen molar-refractivity contribution in [1.82, 2.24) is 24.6 Å². The van der Waals surface area contributed by atoms with Gasteiger partial charge in [0.25, 0.3) is 5.91 Å². The van der Waals surface area contributed by atoms with Crippen LogP contribution in [0.1, 0.15) is 11.3 Å². The minimum Gasteiger partial charge on any atom is -0.408 e. The quantitative estimate of drug-likeness (QED) is 0.456. The van der Waals surface area contributed by atoms with E-state index < -0.39 is 17.9 Å². The van der Waals surface area contributed by atoms with Gasteiger partial charge in [-0.25, -0.2) is 9.78 Å². The molecule has 0 aliphatic carbocycles. The number of oxazole rings is 1. The number of nitrogens with one attached hydrogen (secondary N) is 2. The summed E-state index contributed by atoms with van der Waals surface area (Å²) in [5, 5.41) is 15.5. The van der Waals surface area contributed by atoms with Crippen LogP contribution in [0.2, 0.25) is 0 Å². The highest BCUT2D eigenvalue weighted by Crippen LogP contribution is 2.27. The number of aryl methyl sites for hydroxylation is 1. The van der Waals surface area contributed by atoms with Gasteiger partial charge in [0.1, 0.15) is 12.1 Å². The molecule has 1 aromatic carbocycles. The minimum atomic E-state index is -0.656. The Kier molecular flexibility index (Phi) is 5.72. The van der Waals surface area contributed by atoms with Crippen LogP contribution in [0.15, 0.2) is 39.8 Å². The van der Waals surface area contributed by atoms with Crippen LogP contribution in [0, 0.1) is 11.3 Å². The minimum absolute atomic E-state index is 0.274. The number of carbonyl (C=O) groups is 1. The predicted molar refractivity (Wildman–Crippen MR) is 122 cm³/mol. The van der Waals surface area contributed by atoms with Crippen molar-refractivity contribution < 1.29 is 13.9 Å². The van der Waals surface area contributed by atoms with Crippen LogP contribution in [0.25, 0.3) is 27.3 Å². The first-order valence-electron chi connectivity index (χ1n) is 10.6. The number of thiazole rings is 1. The number of ether oxygens (including phenoxy) is 1. The summed E-state index contributed by atoms with van der Waals surface area (Å²) >= 11 is 1.47. The average molecular weight is 467 g/mol. The molecule has 0 radical (unpaired) electrons. The molecule has 1 saturated heterocycles. The molecule has 1 aliphatic rings. The Bertz CT molecular complexity index is 1380. The van der Waals surface area contributed by atoms with Gasteiger partial charge in [-0.05, 0) is 31.2 Å². The predicted octanol–water partition coefficient (Wildman–Crippen LogP) is 1.44. The molecule has 170 valence electrons. The number of amides is 1. The number of nitriles is 1. The summed E-state index contributed by atoms with van der Waals surface area (Å²) < 4.78 is 14.1. The van der Waals surface area contributed by atoms with E-state index in [2.05, 4.69) is 21.7 Å². The smallest absolute Gasteiger partial charge is 0.408 e. The molecule has 1 amide bonds. The van der Waals surface area contributed by atoms with E-state index in [1.54, 1.807) is 13.1 Å². The van der Waals surface area contributed by atoms with Crippen LogP contribution in [0.4, 0.5) is 0 Å². The second kappa shape index (κ2) is 8.82. The number of nitrogens with zero attached hydrogens (tertiary/aromatic N) is 4. The summed E-state index contributed by atoms with van der Waals surface area (Å²) in [4.78, 5) is 30.6. The molecule has 11 heteroatoms. The fourth-order valence-corrected chi connectivity index (χ4v) is 4.85. The Hall–Kier alpha value is -3.46. The second-order valence-corrected chi connectivity index (χ2v) is 9.03. The lowest BCUT2D eigenvalue weighted by Gasteiger charge is -2.17. The van der Waals surface area contributed by atoms with E-state index in [-0.39, 0.29) is 5.91 Å². The SMILES string of the molecule is Cn1c(=O)oc2ccc(-c3cn4cc(C[C@@H](C#N)NC(=O)[C@@H]5CNCCCO5)sc4n3)cc21. The van der Waals surface area contributed by atoms with Gasteiger partial charge < -0.3 is 19.8 Å². The van der Waals surface area contributed by atoms with Crippen LogP contribution in [-0.4, -0.2) is 51.7 Å². The van der Waals surface area contributed by atoms with Crippen molar-refractivity contribution in [2.24, 2.45) is 7.05 Å². The molecular weight excluding hydrogens is 444 g/mol. The highest BCUT2D eigenvalue weighted by atomic mass is 32.1. The topological polar surface area (TPSA) is 127 Å². The van der Waals surface area contributed by atoms with Crippen LogP contribution in [0.3, 0.4) is 0 Å². The highest BCUT2D eigenvalue weighted by molar-refractivity contribution is 7.17. The van der Waals surface area contributed by atoms with E-state index in [1.807, 2.05) is 28.9 Å². The van der Waals surface area contributed by atoms with Gasteiger partial charge in [-0.15, -0.1) is 11.3 Å². The van der Waals surface area contributed by atoms with Crippen LogP contribution in [0.5, 0.6) is 0 Å². The van der Waals surface area contributed by atoms with Crippen molar-refractivity contribution in [3.8, 4) is 17.3 Å². The standard InChI is InChI=1S/C22H22N6O4S/c1-27-17-7-13(3-4-18(17)32-22(27)30)16-12-28-11-15(33-21(28)26-16)8-14(9-23)25-20(29)19-10-24-5-2-6-31-19/h3-4,7,11-12,14,19,24H,2,5-6,8,10H2,1H3,(H,25,29)/t14-,19-/m0/s1. The largest absolute Gasteiger partial charge is 0.419 e. The van der Waals surface area contributed by atoms with E-state index in [0.29, 0.717) is 30.7 Å². The molecule has 0 saturated carbocycles. The number of carbonyl (C=O) groups excluding carboxylic acids is 1. The van der Waals surface area contributed by atoms with Crippen LogP contribution >= 0.6 is 11.3 Å². The van der Waals surface area contributed by atoms with Gasteiger partial charge in [-0.3, -0.25) is 13.8 Å². The van der Waals surface area contributed by atoms with Gasteiger partial charge in [0, 0.05) is 49.5 Å². The molecule has 4 aromatic rings. The maximum Gasteiger partial charge on any atom is 0.419 e. The third-order valence-corrected chi connectivity index (χ3v) is 6.63. The fourth-order valence-electron chi connectivity index (χ4n) is 3.84. The van der Waals surface area contributed by atoms with Crippen molar-refractivity contribution in [3.05, 3.63) is 46.0 Å². The molecule has 1 aliphatic heterocycles. The summed E-state index contributed by atoms with van der Waals surface area (Å²) in [6.07, 6.45) is 4.48. The molecule has 33 heavy (non-hydrogen) atoms. The molecule has 1 fully saturated rings. The number of aromatic nitrogens is 3. The summed E-state index contributed by atoms with van der Waals surface area (Å²) in [6.45, 7) is 1.78. The van der Waals surface area contributed by atoms with Crippen LogP contribution in [-0.2, 0) is 23.0 Å². The van der Waals surface area contributed by atoms with E-state index in [1.165, 1.54) is 15.9 Å². The first-order chi connectivity index (χ1) is 16.0. The summed E-state index contributed by atoms with van der Waals surface area (Å²) in [5.74, 6) is -0.678. The lowest BCUT2D eigenvalue weighted by molar-refractivity contribution is -0.132. The van der Waals surface area contributed by atoms with Gasteiger partial charge in [0.15, 0.2) is 10.5 Å². The second-order valence-electron chi connectivity index (χ2n) is 7.93. The van der Waals surface area contributed by atoms with E-state index in [0.717, 1.165) is 34.1 Å². The van der Waals surface area contributed by atoms with Gasteiger partial charge in [0.05, 0.1) is 17.3 Å². The Morgan fingerprint density at radius 3 is 3.15 bits per heavy atom. The van der Waals surface area contributed by atoms with Gasteiger partial charge in [-0.1, -0.05) is 0 Å². The third kappa shape index (κ3) is 4.28. The third-order valence-electron chi connectivity index (χ3n) is 5.61. The Balaban J connectivity index is 1.30. The summed E-state index contributed by atoms with van der Waals surface area (Å²) in [6, 6.07) is 7.01. The number of fused-ring (bicyclic) bond motifs is 2. The lowest BCUT2D eigenvalue weighted by Crippen LogP contribution is -2.46. The zero-order chi connectivity index (χ0) is 22.9. The number of hydrogen-bond donors (Lipinski definition) is 2. The van der Waals surface area contributed by atoms with E-state index in [4.69, 9.17) is 9.15 Å². The molecular formula is C22H22N6O4S. The first kappa shape index (κ1) is 21.4. The zero-order valence-corrected chi connectivity index (χ0v) is 18.7. The first-order valence-corrected chi connectivity index (χ1v) is 11.4. The summed E-state index contributed by atoms with van der Waals surface area (Å²) in [5.41, 5.74) is 2.88. The van der Waals surface area contributed by atoms with Gasteiger partial charge >= 0.3 is 5.76 Å². The Labute approximate surface area is 192 Å². The normalized spacial score (nSPS) is 17.6. The van der Waals surface area contributed by atoms with Crippen molar-refractivity contribution >= 4 is 33.3 Å². The number of hydrogen-bond acceptors (Lipinski definition) is 8. The zero-order valence-electron chi connectivity index (χ0n) is 17.9. The van der Waals surface area contributed by atoms with Crippen molar-refractivity contribution in [2.75, 3.05) is 19.7 Å². The van der Waals surface area contributed by atoms with Crippen molar-refractivity contribution in [1.29, 1.82) is 5.26 Å². The van der Waals surface area contributed by atoms with Crippen LogP contribution < -0.4 is 16.4 Å². The molecule has 0 bridgehead atoms. The molecule has 0 unspecified atom stereocenters. The number of benzene rings is 1. The Morgan fingerprint density at radius 2 is 2.33 bits per heavy atom. The number of imidazole rings is 1. The molecule has 2 atom stereocenters. The molecule has 4 heterocycles. The van der Waals surface area contributed by atoms with Gasteiger partial charge in [-0.2, -0.15) is 5.26 Å². The highest BCUT2D eigenvalue weighted by Gasteiger charge is 2.24. The van der Waals surface area contributed by atoms with E-state index in [9.17, 15) is 14.9 Å². The lowest BCUT2D eigenvalue weighted by atomic mass is 10.1. The maximum absolute atomic E-state index is 12.5. The number of rotatable bonds is 5. The molecule has 5 rings (SSSR count). The monoisotopic (exact) mass is 466 g/mol. The molecule has 2 N–H and O–H groups in total. The van der Waals surface area contributed by atoms with Crippen molar-refractivity contribution in [3.63, 3.8) is 0 Å². The average Bonchev–Trinajstić information content (AvgIpc) is 3.35. The van der Waals surface area contributed by atoms with Gasteiger partial charge in [0.2, 0.25) is 0 Å². The molecule has 10 nitrogen and oxygen atoms in total. The molecule has 3 aromatic heterocycles. The molecule has 0 spiro atoms. The fraction of sp³-hybridized carbons (Fsp3) is 0.364. The Morgan fingerprint density at radius 1 is 1.45 bits per heavy atom.